The third-order valence-corrected chi connectivity index (χ3v) is 4.99. The van der Waals surface area contributed by atoms with Crippen molar-refractivity contribution in [1.29, 1.82) is 0 Å². The van der Waals surface area contributed by atoms with Gasteiger partial charge in [0.15, 0.2) is 18.2 Å². The molecule has 26 heavy (non-hydrogen) atoms. The molecule has 1 N–H and O–H groups in total. The van der Waals surface area contributed by atoms with E-state index in [9.17, 15) is 9.18 Å². The largest absolute Gasteiger partial charge is 0.481 e. The van der Waals surface area contributed by atoms with Crippen molar-refractivity contribution in [2.24, 2.45) is 0 Å². The third kappa shape index (κ3) is 4.49. The Hall–Kier alpha value is -2.66. The zero-order valence-electron chi connectivity index (χ0n) is 14.4. The molecular formula is C21H20FNO2S. The van der Waals surface area contributed by atoms with Crippen LogP contribution in [0, 0.1) is 5.82 Å². The van der Waals surface area contributed by atoms with Gasteiger partial charge in [0, 0.05) is 4.88 Å². The number of rotatable bonds is 7. The first-order valence-electron chi connectivity index (χ1n) is 8.46. The second kappa shape index (κ2) is 8.63. The van der Waals surface area contributed by atoms with Crippen LogP contribution in [-0.4, -0.2) is 12.5 Å². The van der Waals surface area contributed by atoms with Crippen molar-refractivity contribution in [1.82, 2.24) is 5.32 Å². The molecule has 0 spiro atoms. The third-order valence-electron chi connectivity index (χ3n) is 4.05. The fourth-order valence-corrected chi connectivity index (χ4v) is 3.43. The van der Waals surface area contributed by atoms with Gasteiger partial charge in [-0.05, 0) is 41.1 Å². The minimum Gasteiger partial charge on any atom is -0.481 e. The van der Waals surface area contributed by atoms with E-state index in [1.807, 2.05) is 29.6 Å². The van der Waals surface area contributed by atoms with Crippen LogP contribution in [0.2, 0.25) is 0 Å². The predicted molar refractivity (Wildman–Crippen MR) is 102 cm³/mol. The van der Waals surface area contributed by atoms with Gasteiger partial charge in [0.05, 0.1) is 6.04 Å². The van der Waals surface area contributed by atoms with E-state index in [0.717, 1.165) is 16.9 Å². The summed E-state index contributed by atoms with van der Waals surface area (Å²) in [5.74, 6) is -0.709. The Labute approximate surface area is 156 Å². The molecule has 0 bridgehead atoms. The highest BCUT2D eigenvalue weighted by molar-refractivity contribution is 7.10. The summed E-state index contributed by atoms with van der Waals surface area (Å²) in [6, 6.07) is 17.9. The molecule has 0 saturated carbocycles. The topological polar surface area (TPSA) is 38.3 Å². The molecule has 134 valence electrons. The molecule has 3 nitrogen and oxygen atoms in total. The van der Waals surface area contributed by atoms with Gasteiger partial charge in [0.2, 0.25) is 0 Å². The van der Waals surface area contributed by atoms with Crippen LogP contribution in [0.3, 0.4) is 0 Å². The number of ether oxygens (including phenoxy) is 1. The molecule has 0 saturated heterocycles. The molecule has 1 aromatic heterocycles. The summed E-state index contributed by atoms with van der Waals surface area (Å²) in [6.07, 6.45) is 0.965. The normalized spacial score (nSPS) is 11.8. The number of carbonyl (C=O) groups excluding carboxylic acids is 1. The lowest BCUT2D eigenvalue weighted by Crippen LogP contribution is -2.33. The number of para-hydroxylation sites is 1. The van der Waals surface area contributed by atoms with Crippen molar-refractivity contribution in [2.45, 2.75) is 19.4 Å². The average molecular weight is 369 g/mol. The summed E-state index contributed by atoms with van der Waals surface area (Å²) in [7, 11) is 0. The van der Waals surface area contributed by atoms with Crippen molar-refractivity contribution in [2.75, 3.05) is 6.61 Å². The fourth-order valence-electron chi connectivity index (χ4n) is 2.63. The van der Waals surface area contributed by atoms with Gasteiger partial charge in [-0.1, -0.05) is 49.4 Å². The Morgan fingerprint density at radius 1 is 1.12 bits per heavy atom. The van der Waals surface area contributed by atoms with Crippen LogP contribution >= 0.6 is 11.3 Å². The van der Waals surface area contributed by atoms with Crippen molar-refractivity contribution in [3.05, 3.63) is 87.9 Å². The molecule has 3 aromatic rings. The van der Waals surface area contributed by atoms with Gasteiger partial charge in [-0.2, -0.15) is 0 Å². The highest BCUT2D eigenvalue weighted by Crippen LogP contribution is 2.26. The maximum Gasteiger partial charge on any atom is 0.258 e. The average Bonchev–Trinajstić information content (AvgIpc) is 3.20. The Morgan fingerprint density at radius 3 is 2.54 bits per heavy atom. The lowest BCUT2D eigenvalue weighted by atomic mass is 10.0. The van der Waals surface area contributed by atoms with Crippen LogP contribution in [0.15, 0.2) is 66.0 Å². The SMILES string of the molecule is CCc1ccc(C(NC(=O)COc2ccccc2F)c2cccs2)cc1. The first-order valence-corrected chi connectivity index (χ1v) is 9.34. The van der Waals surface area contributed by atoms with Crippen molar-refractivity contribution >= 4 is 17.2 Å². The number of hydrogen-bond acceptors (Lipinski definition) is 3. The number of thiophene rings is 1. The van der Waals surface area contributed by atoms with E-state index in [0.29, 0.717) is 0 Å². The van der Waals surface area contributed by atoms with Gasteiger partial charge in [-0.25, -0.2) is 4.39 Å². The first kappa shape index (κ1) is 18.1. The van der Waals surface area contributed by atoms with Gasteiger partial charge < -0.3 is 10.1 Å². The highest BCUT2D eigenvalue weighted by atomic mass is 32.1. The molecule has 1 atom stereocenters. The monoisotopic (exact) mass is 369 g/mol. The van der Waals surface area contributed by atoms with Crippen LogP contribution in [0.1, 0.15) is 29.0 Å². The lowest BCUT2D eigenvalue weighted by molar-refractivity contribution is -0.123. The minimum atomic E-state index is -0.481. The number of halogens is 1. The van der Waals surface area contributed by atoms with E-state index in [2.05, 4.69) is 24.4 Å². The van der Waals surface area contributed by atoms with Crippen molar-refractivity contribution < 1.29 is 13.9 Å². The second-order valence-electron chi connectivity index (χ2n) is 5.83. The molecule has 0 radical (unpaired) electrons. The molecular weight excluding hydrogens is 349 g/mol. The van der Waals surface area contributed by atoms with E-state index < -0.39 is 5.82 Å². The van der Waals surface area contributed by atoms with Crippen LogP contribution in [0.4, 0.5) is 4.39 Å². The van der Waals surface area contributed by atoms with Gasteiger partial charge >= 0.3 is 0 Å². The van der Waals surface area contributed by atoms with E-state index >= 15 is 0 Å². The summed E-state index contributed by atoms with van der Waals surface area (Å²) < 4.78 is 18.9. The molecule has 0 aliphatic heterocycles. The maximum absolute atomic E-state index is 13.6. The molecule has 0 aliphatic carbocycles. The van der Waals surface area contributed by atoms with Gasteiger partial charge in [-0.15, -0.1) is 11.3 Å². The van der Waals surface area contributed by atoms with E-state index in [-0.39, 0.29) is 24.3 Å². The molecule has 0 aliphatic rings. The zero-order chi connectivity index (χ0) is 18.4. The molecule has 1 amide bonds. The summed E-state index contributed by atoms with van der Waals surface area (Å²) >= 11 is 1.58. The van der Waals surface area contributed by atoms with E-state index in [1.165, 1.54) is 17.7 Å². The predicted octanol–water partition coefficient (Wildman–Crippen LogP) is 4.73. The number of aryl methyl sites for hydroxylation is 1. The summed E-state index contributed by atoms with van der Waals surface area (Å²) in [5, 5.41) is 4.96. The Kier molecular flexibility index (Phi) is 6.02. The summed E-state index contributed by atoms with van der Waals surface area (Å²) in [6.45, 7) is 1.86. The zero-order valence-corrected chi connectivity index (χ0v) is 15.3. The lowest BCUT2D eigenvalue weighted by Gasteiger charge is -2.19. The van der Waals surface area contributed by atoms with Crippen molar-refractivity contribution in [3.8, 4) is 5.75 Å². The standard InChI is InChI=1S/C21H20FNO2S/c1-2-15-9-11-16(12-10-15)21(19-8-5-13-26-19)23-20(24)14-25-18-7-4-3-6-17(18)22/h3-13,21H,2,14H2,1H3,(H,23,24). The minimum absolute atomic E-state index is 0.0719. The quantitative estimate of drug-likeness (QED) is 0.654. The molecule has 0 fully saturated rings. The van der Waals surface area contributed by atoms with E-state index in [4.69, 9.17) is 4.74 Å². The summed E-state index contributed by atoms with van der Waals surface area (Å²) in [4.78, 5) is 13.4. The smallest absolute Gasteiger partial charge is 0.258 e. The molecule has 2 aromatic carbocycles. The molecule has 3 rings (SSSR count). The number of carbonyl (C=O) groups is 1. The first-order chi connectivity index (χ1) is 12.7. The second-order valence-corrected chi connectivity index (χ2v) is 6.81. The Bertz CT molecular complexity index is 847. The fraction of sp³-hybridized carbons (Fsp3) is 0.190. The van der Waals surface area contributed by atoms with Crippen LogP contribution in [0.5, 0.6) is 5.75 Å². The van der Waals surface area contributed by atoms with Gasteiger partial charge in [-0.3, -0.25) is 4.79 Å². The van der Waals surface area contributed by atoms with Crippen LogP contribution in [0.25, 0.3) is 0 Å². The summed E-state index contributed by atoms with van der Waals surface area (Å²) in [5.41, 5.74) is 2.25. The molecule has 1 heterocycles. The number of hydrogen-bond donors (Lipinski definition) is 1. The maximum atomic E-state index is 13.6. The number of amides is 1. The number of nitrogens with one attached hydrogen (secondary N) is 1. The molecule has 1 unspecified atom stereocenters. The van der Waals surface area contributed by atoms with Gasteiger partial charge in [0.1, 0.15) is 0 Å². The van der Waals surface area contributed by atoms with Crippen LogP contribution < -0.4 is 10.1 Å². The molecule has 5 heteroatoms. The van der Waals surface area contributed by atoms with Gasteiger partial charge in [0.25, 0.3) is 5.91 Å². The van der Waals surface area contributed by atoms with Crippen LogP contribution in [-0.2, 0) is 11.2 Å². The number of benzene rings is 2. The van der Waals surface area contributed by atoms with Crippen molar-refractivity contribution in [3.63, 3.8) is 0 Å². The van der Waals surface area contributed by atoms with E-state index in [1.54, 1.807) is 23.5 Å². The highest BCUT2D eigenvalue weighted by Gasteiger charge is 2.18. The Morgan fingerprint density at radius 2 is 1.88 bits per heavy atom. The Balaban J connectivity index is 1.71.